The highest BCUT2D eigenvalue weighted by atomic mass is 19.4. The highest BCUT2D eigenvalue weighted by molar-refractivity contribution is 5.93. The number of rotatable bonds is 4. The van der Waals surface area contributed by atoms with E-state index in [1.807, 2.05) is 0 Å². The number of hydrogen-bond acceptors (Lipinski definition) is 5. The minimum Gasteiger partial charge on any atom is -0.510 e. The van der Waals surface area contributed by atoms with Gasteiger partial charge in [-0.1, -0.05) is 6.07 Å². The SMILES string of the molecule is CC(=O)C(N=Nc1cccc(OC(F)(F)F)c1)=C(C)O. The number of carbonyl (C=O) groups is 1. The van der Waals surface area contributed by atoms with Crippen molar-refractivity contribution in [1.29, 1.82) is 0 Å². The van der Waals surface area contributed by atoms with Gasteiger partial charge in [0.2, 0.25) is 0 Å². The van der Waals surface area contributed by atoms with Crippen LogP contribution in [0.1, 0.15) is 13.8 Å². The van der Waals surface area contributed by atoms with Crippen molar-refractivity contribution in [1.82, 2.24) is 0 Å². The van der Waals surface area contributed by atoms with Crippen LogP contribution in [0.4, 0.5) is 18.9 Å². The van der Waals surface area contributed by atoms with Crippen LogP contribution in [0.5, 0.6) is 5.75 Å². The maximum atomic E-state index is 12.0. The second kappa shape index (κ2) is 6.18. The molecule has 0 aliphatic heterocycles. The minimum absolute atomic E-state index is 0.0479. The van der Waals surface area contributed by atoms with E-state index in [-0.39, 0.29) is 17.1 Å². The Morgan fingerprint density at radius 1 is 1.30 bits per heavy atom. The Kier molecular flexibility index (Phi) is 4.84. The number of hydrogen-bond donors (Lipinski definition) is 1. The largest absolute Gasteiger partial charge is 0.573 e. The third-order valence-electron chi connectivity index (χ3n) is 1.99. The molecule has 8 heteroatoms. The molecule has 0 atom stereocenters. The number of aliphatic hydroxyl groups excluding tert-OH is 1. The summed E-state index contributed by atoms with van der Waals surface area (Å²) in [5.74, 6) is -1.30. The Labute approximate surface area is 112 Å². The normalized spacial score (nSPS) is 13.2. The van der Waals surface area contributed by atoms with Gasteiger partial charge in [0.1, 0.15) is 11.5 Å². The maximum Gasteiger partial charge on any atom is 0.573 e. The standard InChI is InChI=1S/C12H11F3N2O3/c1-7(18)11(8(2)19)17-16-9-4-3-5-10(6-9)20-12(13,14)15/h3-6,18H,1-2H3. The summed E-state index contributed by atoms with van der Waals surface area (Å²) in [5.41, 5.74) is -0.223. The van der Waals surface area contributed by atoms with E-state index in [0.717, 1.165) is 12.1 Å². The lowest BCUT2D eigenvalue weighted by atomic mass is 10.3. The van der Waals surface area contributed by atoms with Crippen LogP contribution in [0.15, 0.2) is 46.0 Å². The summed E-state index contributed by atoms with van der Waals surface area (Å²) >= 11 is 0. The predicted molar refractivity (Wildman–Crippen MR) is 63.7 cm³/mol. The monoisotopic (exact) mass is 288 g/mol. The molecule has 1 aromatic rings. The zero-order chi connectivity index (χ0) is 15.3. The zero-order valence-electron chi connectivity index (χ0n) is 10.6. The lowest BCUT2D eigenvalue weighted by Gasteiger charge is -2.08. The number of azo groups is 1. The van der Waals surface area contributed by atoms with Crippen LogP contribution in [0.3, 0.4) is 0 Å². The van der Waals surface area contributed by atoms with Crippen molar-refractivity contribution in [2.45, 2.75) is 20.2 Å². The van der Waals surface area contributed by atoms with E-state index in [0.29, 0.717) is 0 Å². The molecule has 1 N–H and O–H groups in total. The van der Waals surface area contributed by atoms with E-state index in [1.54, 1.807) is 0 Å². The van der Waals surface area contributed by atoms with Crippen LogP contribution < -0.4 is 4.74 Å². The van der Waals surface area contributed by atoms with E-state index in [4.69, 9.17) is 0 Å². The van der Waals surface area contributed by atoms with Crippen LogP contribution in [0.25, 0.3) is 0 Å². The summed E-state index contributed by atoms with van der Waals surface area (Å²) in [6.45, 7) is 2.43. The third kappa shape index (κ3) is 5.09. The first-order valence-corrected chi connectivity index (χ1v) is 5.37. The van der Waals surface area contributed by atoms with E-state index < -0.39 is 17.9 Å². The molecule has 20 heavy (non-hydrogen) atoms. The van der Waals surface area contributed by atoms with Gasteiger partial charge in [0.15, 0.2) is 11.5 Å². The molecule has 0 aromatic heterocycles. The lowest BCUT2D eigenvalue weighted by molar-refractivity contribution is -0.274. The fraction of sp³-hybridized carbons (Fsp3) is 0.250. The Morgan fingerprint density at radius 2 is 1.95 bits per heavy atom. The van der Waals surface area contributed by atoms with Gasteiger partial charge in [-0.2, -0.15) is 5.11 Å². The number of benzene rings is 1. The molecular weight excluding hydrogens is 277 g/mol. The van der Waals surface area contributed by atoms with Gasteiger partial charge in [-0.25, -0.2) is 0 Å². The topological polar surface area (TPSA) is 71.2 Å². The molecule has 0 heterocycles. The average molecular weight is 288 g/mol. The van der Waals surface area contributed by atoms with Crippen molar-refractivity contribution in [3.05, 3.63) is 35.7 Å². The maximum absolute atomic E-state index is 12.0. The minimum atomic E-state index is -4.80. The van der Waals surface area contributed by atoms with Crippen LogP contribution in [-0.4, -0.2) is 17.3 Å². The molecule has 0 bridgehead atoms. The second-order valence-corrected chi connectivity index (χ2v) is 3.74. The summed E-state index contributed by atoms with van der Waals surface area (Å²) in [6.07, 6.45) is -4.80. The van der Waals surface area contributed by atoms with Crippen LogP contribution in [-0.2, 0) is 4.79 Å². The number of carbonyl (C=O) groups excluding carboxylic acids is 1. The quantitative estimate of drug-likeness (QED) is 0.516. The van der Waals surface area contributed by atoms with E-state index in [1.165, 1.54) is 26.0 Å². The summed E-state index contributed by atoms with van der Waals surface area (Å²) in [5, 5.41) is 16.3. The summed E-state index contributed by atoms with van der Waals surface area (Å²) in [6, 6.07) is 4.77. The summed E-state index contributed by atoms with van der Waals surface area (Å²) in [7, 11) is 0. The molecule has 0 unspecified atom stereocenters. The van der Waals surface area contributed by atoms with Gasteiger partial charge >= 0.3 is 6.36 Å². The Balaban J connectivity index is 2.97. The van der Waals surface area contributed by atoms with Crippen molar-refractivity contribution in [2.75, 3.05) is 0 Å². The Bertz CT molecular complexity index is 561. The van der Waals surface area contributed by atoms with Crippen LogP contribution >= 0.6 is 0 Å². The van der Waals surface area contributed by atoms with Gasteiger partial charge in [0.25, 0.3) is 0 Å². The molecule has 5 nitrogen and oxygen atoms in total. The Morgan fingerprint density at radius 3 is 2.45 bits per heavy atom. The highest BCUT2D eigenvalue weighted by Gasteiger charge is 2.31. The molecular formula is C12H11F3N2O3. The highest BCUT2D eigenvalue weighted by Crippen LogP contribution is 2.26. The molecule has 0 aliphatic carbocycles. The molecule has 0 spiro atoms. The van der Waals surface area contributed by atoms with Crippen molar-refractivity contribution in [3.8, 4) is 5.75 Å². The van der Waals surface area contributed by atoms with Crippen molar-refractivity contribution >= 4 is 11.5 Å². The van der Waals surface area contributed by atoms with E-state index >= 15 is 0 Å². The number of allylic oxidation sites excluding steroid dienone is 2. The molecule has 1 rings (SSSR count). The molecule has 0 radical (unpaired) electrons. The Hall–Kier alpha value is -2.38. The first kappa shape index (κ1) is 15.7. The van der Waals surface area contributed by atoms with Gasteiger partial charge in [-0.3, -0.25) is 4.79 Å². The fourth-order valence-electron chi connectivity index (χ4n) is 1.25. The third-order valence-corrected chi connectivity index (χ3v) is 1.99. The number of nitrogens with zero attached hydrogens (tertiary/aromatic N) is 2. The first-order valence-electron chi connectivity index (χ1n) is 5.37. The van der Waals surface area contributed by atoms with E-state index in [9.17, 15) is 23.1 Å². The summed E-state index contributed by atoms with van der Waals surface area (Å²) < 4.78 is 39.8. The van der Waals surface area contributed by atoms with Crippen LogP contribution in [0.2, 0.25) is 0 Å². The van der Waals surface area contributed by atoms with Gasteiger partial charge < -0.3 is 9.84 Å². The lowest BCUT2D eigenvalue weighted by Crippen LogP contribution is -2.16. The number of alkyl halides is 3. The van der Waals surface area contributed by atoms with Gasteiger partial charge in [-0.05, 0) is 19.1 Å². The molecule has 108 valence electrons. The number of Topliss-reactive ketones (excluding diaryl/α,β-unsaturated/α-hetero) is 1. The molecule has 0 fully saturated rings. The van der Waals surface area contributed by atoms with Crippen LogP contribution in [0, 0.1) is 0 Å². The van der Waals surface area contributed by atoms with Crippen molar-refractivity contribution < 1.29 is 27.8 Å². The molecule has 0 saturated carbocycles. The fourth-order valence-corrected chi connectivity index (χ4v) is 1.25. The predicted octanol–water partition coefficient (Wildman–Crippen LogP) is 4.05. The molecule has 0 aliphatic rings. The van der Waals surface area contributed by atoms with Gasteiger partial charge in [-0.15, -0.1) is 18.3 Å². The van der Waals surface area contributed by atoms with Gasteiger partial charge in [0, 0.05) is 13.0 Å². The number of halogens is 3. The first-order chi connectivity index (χ1) is 9.19. The average Bonchev–Trinajstić information content (AvgIpc) is 2.26. The van der Waals surface area contributed by atoms with Crippen molar-refractivity contribution in [2.24, 2.45) is 10.2 Å². The van der Waals surface area contributed by atoms with E-state index in [2.05, 4.69) is 15.0 Å². The van der Waals surface area contributed by atoms with Gasteiger partial charge in [0.05, 0.1) is 5.69 Å². The smallest absolute Gasteiger partial charge is 0.510 e. The summed E-state index contributed by atoms with van der Waals surface area (Å²) in [4.78, 5) is 11.1. The number of aliphatic hydroxyl groups is 1. The number of ketones is 1. The molecule has 1 aromatic carbocycles. The zero-order valence-corrected chi connectivity index (χ0v) is 10.6. The second-order valence-electron chi connectivity index (χ2n) is 3.74. The van der Waals surface area contributed by atoms with Crippen molar-refractivity contribution in [3.63, 3.8) is 0 Å². The molecule has 0 amide bonds. The molecule has 0 saturated heterocycles. The number of ether oxygens (including phenoxy) is 1.